The van der Waals surface area contributed by atoms with Crippen LogP contribution < -0.4 is 10.9 Å². The van der Waals surface area contributed by atoms with E-state index in [1.165, 1.54) is 0 Å². The van der Waals surface area contributed by atoms with Crippen LogP contribution in [-0.2, 0) is 17.9 Å². The highest BCUT2D eigenvalue weighted by Gasteiger charge is 2.09. The first kappa shape index (κ1) is 17.0. The van der Waals surface area contributed by atoms with Crippen molar-refractivity contribution >= 4 is 16.8 Å². The molecule has 3 aromatic rings. The summed E-state index contributed by atoms with van der Waals surface area (Å²) in [5.74, 6) is -0.0549. The molecule has 25 heavy (non-hydrogen) atoms. The van der Waals surface area contributed by atoms with E-state index in [4.69, 9.17) is 0 Å². The zero-order valence-corrected chi connectivity index (χ0v) is 14.6. The number of para-hydroxylation sites is 1. The number of hydrogen-bond acceptors (Lipinski definition) is 2. The van der Waals surface area contributed by atoms with E-state index in [2.05, 4.69) is 5.32 Å². The van der Waals surface area contributed by atoms with Gasteiger partial charge in [0.2, 0.25) is 5.91 Å². The Kier molecular flexibility index (Phi) is 4.98. The van der Waals surface area contributed by atoms with Crippen LogP contribution in [0.3, 0.4) is 0 Å². The number of fused-ring (bicyclic) bond motifs is 1. The summed E-state index contributed by atoms with van der Waals surface area (Å²) in [5, 5.41) is 3.95. The van der Waals surface area contributed by atoms with Crippen molar-refractivity contribution in [2.24, 2.45) is 0 Å². The van der Waals surface area contributed by atoms with Crippen LogP contribution in [0.2, 0.25) is 0 Å². The molecule has 0 spiro atoms. The van der Waals surface area contributed by atoms with Gasteiger partial charge in [0.1, 0.15) is 0 Å². The van der Waals surface area contributed by atoms with E-state index in [9.17, 15) is 9.59 Å². The molecule has 0 fully saturated rings. The lowest BCUT2D eigenvalue weighted by molar-refractivity contribution is -0.121. The van der Waals surface area contributed by atoms with E-state index in [-0.39, 0.29) is 17.9 Å². The first-order valence-electron chi connectivity index (χ1n) is 8.46. The van der Waals surface area contributed by atoms with Crippen LogP contribution in [0.1, 0.15) is 23.1 Å². The zero-order chi connectivity index (χ0) is 17.8. The second-order valence-corrected chi connectivity index (χ2v) is 6.30. The molecule has 0 aliphatic rings. The fraction of sp³-hybridized carbons (Fsp3) is 0.238. The maximum absolute atomic E-state index is 12.5. The van der Waals surface area contributed by atoms with Gasteiger partial charge < -0.3 is 9.88 Å². The molecule has 0 aliphatic carbocycles. The summed E-state index contributed by atoms with van der Waals surface area (Å²) in [5.41, 5.74) is 3.78. The molecular formula is C21H22N2O2. The van der Waals surface area contributed by atoms with Gasteiger partial charge in [-0.25, -0.2) is 0 Å². The minimum atomic E-state index is -0.0549. The van der Waals surface area contributed by atoms with Crippen LogP contribution in [0.4, 0.5) is 0 Å². The molecule has 4 nitrogen and oxygen atoms in total. The lowest BCUT2D eigenvalue weighted by Crippen LogP contribution is -2.28. The Morgan fingerprint density at radius 2 is 1.72 bits per heavy atom. The standard InChI is InChI=1S/C21H22N2O2/c1-15-7-3-4-9-18(15)14-22-20(24)11-12-23-19-10-6-5-8-17(19)13-16(2)21(23)25/h3-10,13H,11-12,14H2,1-2H3,(H,22,24). The largest absolute Gasteiger partial charge is 0.352 e. The summed E-state index contributed by atoms with van der Waals surface area (Å²) in [7, 11) is 0. The van der Waals surface area contributed by atoms with Crippen molar-refractivity contribution in [1.29, 1.82) is 0 Å². The second kappa shape index (κ2) is 7.34. The van der Waals surface area contributed by atoms with E-state index >= 15 is 0 Å². The van der Waals surface area contributed by atoms with Crippen molar-refractivity contribution in [3.05, 3.63) is 81.6 Å². The monoisotopic (exact) mass is 334 g/mol. The molecule has 1 amide bonds. The summed E-state index contributed by atoms with van der Waals surface area (Å²) in [4.78, 5) is 24.7. The molecule has 0 aliphatic heterocycles. The Morgan fingerprint density at radius 3 is 2.52 bits per heavy atom. The number of pyridine rings is 1. The van der Waals surface area contributed by atoms with Gasteiger partial charge in [-0.15, -0.1) is 0 Å². The average Bonchev–Trinajstić information content (AvgIpc) is 2.61. The minimum Gasteiger partial charge on any atom is -0.352 e. The van der Waals surface area contributed by atoms with Crippen LogP contribution in [-0.4, -0.2) is 10.5 Å². The number of carbonyl (C=O) groups excluding carboxylic acids is 1. The number of rotatable bonds is 5. The smallest absolute Gasteiger partial charge is 0.253 e. The summed E-state index contributed by atoms with van der Waals surface area (Å²) in [6, 6.07) is 17.6. The third kappa shape index (κ3) is 3.79. The van der Waals surface area contributed by atoms with Crippen LogP contribution in [0.15, 0.2) is 59.4 Å². The molecule has 2 aromatic carbocycles. The fourth-order valence-electron chi connectivity index (χ4n) is 3.00. The number of carbonyl (C=O) groups is 1. The summed E-state index contributed by atoms with van der Waals surface area (Å²) in [6.45, 7) is 4.72. The molecule has 0 saturated heterocycles. The molecule has 4 heteroatoms. The number of nitrogens with zero attached hydrogens (tertiary/aromatic N) is 1. The fourth-order valence-corrected chi connectivity index (χ4v) is 3.00. The minimum absolute atomic E-state index is 0.0367. The molecule has 0 atom stereocenters. The topological polar surface area (TPSA) is 51.1 Å². The highest BCUT2D eigenvalue weighted by molar-refractivity contribution is 5.80. The van der Waals surface area contributed by atoms with Crippen molar-refractivity contribution < 1.29 is 4.79 Å². The van der Waals surface area contributed by atoms with Gasteiger partial charge in [0.25, 0.3) is 5.56 Å². The van der Waals surface area contributed by atoms with E-state index in [0.29, 0.717) is 18.7 Å². The molecule has 0 bridgehead atoms. The summed E-state index contributed by atoms with van der Waals surface area (Å²) in [6.07, 6.45) is 0.277. The van der Waals surface area contributed by atoms with Crippen molar-refractivity contribution in [2.75, 3.05) is 0 Å². The summed E-state index contributed by atoms with van der Waals surface area (Å²) < 4.78 is 1.69. The first-order valence-corrected chi connectivity index (χ1v) is 8.46. The highest BCUT2D eigenvalue weighted by Crippen LogP contribution is 2.13. The van der Waals surface area contributed by atoms with Gasteiger partial charge in [0, 0.05) is 25.1 Å². The SMILES string of the molecule is Cc1ccccc1CNC(=O)CCn1c(=O)c(C)cc2ccccc21. The molecule has 3 rings (SSSR count). The lowest BCUT2D eigenvalue weighted by atomic mass is 10.1. The van der Waals surface area contributed by atoms with Crippen LogP contribution >= 0.6 is 0 Å². The number of amides is 1. The number of hydrogen-bond donors (Lipinski definition) is 1. The number of aromatic nitrogens is 1. The van der Waals surface area contributed by atoms with Gasteiger partial charge in [0.15, 0.2) is 0 Å². The highest BCUT2D eigenvalue weighted by atomic mass is 16.1. The first-order chi connectivity index (χ1) is 12.1. The number of benzene rings is 2. The van der Waals surface area contributed by atoms with Crippen molar-refractivity contribution in [3.8, 4) is 0 Å². The van der Waals surface area contributed by atoms with Gasteiger partial charge in [-0.1, -0.05) is 42.5 Å². The van der Waals surface area contributed by atoms with Gasteiger partial charge in [-0.2, -0.15) is 0 Å². The third-order valence-electron chi connectivity index (χ3n) is 4.48. The van der Waals surface area contributed by atoms with E-state index in [1.807, 2.05) is 68.4 Å². The molecular weight excluding hydrogens is 312 g/mol. The average molecular weight is 334 g/mol. The van der Waals surface area contributed by atoms with Crippen LogP contribution in [0, 0.1) is 13.8 Å². The molecule has 0 radical (unpaired) electrons. The normalized spacial score (nSPS) is 10.8. The maximum atomic E-state index is 12.5. The van der Waals surface area contributed by atoms with Crippen molar-refractivity contribution in [2.45, 2.75) is 33.4 Å². The second-order valence-electron chi connectivity index (χ2n) is 6.30. The van der Waals surface area contributed by atoms with E-state index in [1.54, 1.807) is 4.57 Å². The predicted octanol–water partition coefficient (Wildman–Crippen LogP) is 3.32. The molecule has 1 heterocycles. The molecule has 1 aromatic heterocycles. The van der Waals surface area contributed by atoms with Gasteiger partial charge >= 0.3 is 0 Å². The van der Waals surface area contributed by atoms with Crippen molar-refractivity contribution in [3.63, 3.8) is 0 Å². The predicted molar refractivity (Wildman–Crippen MR) is 101 cm³/mol. The van der Waals surface area contributed by atoms with Gasteiger partial charge in [0.05, 0.1) is 5.52 Å². The van der Waals surface area contributed by atoms with Crippen LogP contribution in [0.25, 0.3) is 10.9 Å². The van der Waals surface area contributed by atoms with Crippen molar-refractivity contribution in [1.82, 2.24) is 9.88 Å². The van der Waals surface area contributed by atoms with E-state index in [0.717, 1.165) is 22.0 Å². The van der Waals surface area contributed by atoms with Crippen LogP contribution in [0.5, 0.6) is 0 Å². The molecule has 1 N–H and O–H groups in total. The number of nitrogens with one attached hydrogen (secondary N) is 1. The molecule has 0 saturated carbocycles. The van der Waals surface area contributed by atoms with Gasteiger partial charge in [-0.3, -0.25) is 9.59 Å². The Labute approximate surface area is 147 Å². The Hall–Kier alpha value is -2.88. The molecule has 0 unspecified atom stereocenters. The maximum Gasteiger partial charge on any atom is 0.253 e. The Balaban J connectivity index is 1.70. The van der Waals surface area contributed by atoms with Gasteiger partial charge in [-0.05, 0) is 42.5 Å². The lowest BCUT2D eigenvalue weighted by Gasteiger charge is -2.12. The third-order valence-corrected chi connectivity index (χ3v) is 4.48. The Morgan fingerprint density at radius 1 is 1.00 bits per heavy atom. The number of aryl methyl sites for hydroxylation is 3. The van der Waals surface area contributed by atoms with E-state index < -0.39 is 0 Å². The Bertz CT molecular complexity index is 973. The summed E-state index contributed by atoms with van der Waals surface area (Å²) >= 11 is 0. The quantitative estimate of drug-likeness (QED) is 0.778. The molecule has 128 valence electrons. The zero-order valence-electron chi connectivity index (χ0n) is 14.6.